The molecule has 1 amide bonds. The van der Waals surface area contributed by atoms with Gasteiger partial charge >= 0.3 is 0 Å². The zero-order chi connectivity index (χ0) is 12.0. The highest BCUT2D eigenvalue weighted by Crippen LogP contribution is 1.97. The largest absolute Gasteiger partial charge is 0.383 e. The van der Waals surface area contributed by atoms with Gasteiger partial charge < -0.3 is 10.1 Å². The van der Waals surface area contributed by atoms with Crippen LogP contribution in [0.4, 0.5) is 0 Å². The molecule has 0 aromatic carbocycles. The molecule has 1 aromatic heterocycles. The van der Waals surface area contributed by atoms with Crippen LogP contribution in [0.1, 0.15) is 29.5 Å². The number of carbonyl (C=O) groups excluding carboxylic acids is 1. The minimum Gasteiger partial charge on any atom is -0.383 e. The van der Waals surface area contributed by atoms with Crippen LogP contribution in [0.15, 0.2) is 12.4 Å². The normalized spacial score (nSPS) is 12.2. The van der Waals surface area contributed by atoms with Crippen molar-refractivity contribution in [3.05, 3.63) is 23.8 Å². The Balaban J connectivity index is 2.60. The van der Waals surface area contributed by atoms with Crippen molar-refractivity contribution >= 4 is 5.91 Å². The van der Waals surface area contributed by atoms with E-state index in [1.807, 2.05) is 13.8 Å². The van der Waals surface area contributed by atoms with Crippen LogP contribution in [0, 0.1) is 6.92 Å². The Bertz CT molecular complexity index is 338. The van der Waals surface area contributed by atoms with E-state index in [-0.39, 0.29) is 11.9 Å². The van der Waals surface area contributed by atoms with Gasteiger partial charge in [-0.1, -0.05) is 6.92 Å². The number of hydrogen-bond acceptors (Lipinski definition) is 4. The third-order valence-corrected chi connectivity index (χ3v) is 2.21. The topological polar surface area (TPSA) is 64.1 Å². The van der Waals surface area contributed by atoms with Gasteiger partial charge in [-0.05, 0) is 13.3 Å². The first-order valence-electron chi connectivity index (χ1n) is 5.25. The maximum atomic E-state index is 11.7. The van der Waals surface area contributed by atoms with Crippen molar-refractivity contribution in [1.29, 1.82) is 0 Å². The van der Waals surface area contributed by atoms with Crippen molar-refractivity contribution < 1.29 is 9.53 Å². The second kappa shape index (κ2) is 6.17. The number of nitrogens with zero attached hydrogens (tertiary/aromatic N) is 2. The number of carbonyl (C=O) groups is 1. The second-order valence-corrected chi connectivity index (χ2v) is 3.58. The van der Waals surface area contributed by atoms with Crippen molar-refractivity contribution in [2.45, 2.75) is 26.3 Å². The Hall–Kier alpha value is -1.49. The van der Waals surface area contributed by atoms with E-state index >= 15 is 0 Å². The number of methoxy groups -OCH3 is 1. The molecule has 0 aliphatic heterocycles. The molecule has 0 radical (unpaired) electrons. The molecular formula is C11H17N3O2. The average Bonchev–Trinajstić information content (AvgIpc) is 2.29. The SMILES string of the molecule is CC[C@@H](COC)NC(=O)c1cnc(C)cn1. The smallest absolute Gasteiger partial charge is 0.271 e. The molecule has 1 N–H and O–H groups in total. The van der Waals surface area contributed by atoms with Gasteiger partial charge in [0.25, 0.3) is 5.91 Å². The van der Waals surface area contributed by atoms with E-state index in [1.165, 1.54) is 6.20 Å². The first-order chi connectivity index (χ1) is 7.67. The monoisotopic (exact) mass is 223 g/mol. The van der Waals surface area contributed by atoms with E-state index in [9.17, 15) is 4.79 Å². The molecule has 1 rings (SSSR count). The highest BCUT2D eigenvalue weighted by Gasteiger charge is 2.12. The number of ether oxygens (including phenoxy) is 1. The predicted octanol–water partition coefficient (Wildman–Crippen LogP) is 0.940. The molecule has 0 aliphatic rings. The summed E-state index contributed by atoms with van der Waals surface area (Å²) in [7, 11) is 1.61. The molecule has 1 heterocycles. The number of rotatable bonds is 5. The van der Waals surface area contributed by atoms with Gasteiger partial charge in [0.1, 0.15) is 5.69 Å². The number of hydrogen-bond donors (Lipinski definition) is 1. The molecule has 5 heteroatoms. The van der Waals surface area contributed by atoms with Crippen molar-refractivity contribution in [2.75, 3.05) is 13.7 Å². The van der Waals surface area contributed by atoms with Crippen LogP contribution in [0.2, 0.25) is 0 Å². The van der Waals surface area contributed by atoms with Gasteiger partial charge in [-0.15, -0.1) is 0 Å². The van der Waals surface area contributed by atoms with Crippen LogP contribution in [0.5, 0.6) is 0 Å². The Kier molecular flexibility index (Phi) is 4.85. The fourth-order valence-electron chi connectivity index (χ4n) is 1.23. The lowest BCUT2D eigenvalue weighted by atomic mass is 10.2. The highest BCUT2D eigenvalue weighted by atomic mass is 16.5. The molecule has 0 aliphatic carbocycles. The average molecular weight is 223 g/mol. The summed E-state index contributed by atoms with van der Waals surface area (Å²) in [5.41, 5.74) is 1.13. The highest BCUT2D eigenvalue weighted by molar-refractivity contribution is 5.92. The molecule has 1 atom stereocenters. The van der Waals surface area contributed by atoms with Gasteiger partial charge in [-0.25, -0.2) is 4.98 Å². The summed E-state index contributed by atoms with van der Waals surface area (Å²) in [5.74, 6) is -0.212. The fraction of sp³-hybridized carbons (Fsp3) is 0.545. The number of aromatic nitrogens is 2. The van der Waals surface area contributed by atoms with Gasteiger partial charge in [0, 0.05) is 13.3 Å². The Morgan fingerprint density at radius 1 is 1.50 bits per heavy atom. The molecular weight excluding hydrogens is 206 g/mol. The zero-order valence-electron chi connectivity index (χ0n) is 9.86. The van der Waals surface area contributed by atoms with Crippen molar-refractivity contribution in [1.82, 2.24) is 15.3 Å². The molecule has 0 bridgehead atoms. The van der Waals surface area contributed by atoms with E-state index in [2.05, 4.69) is 15.3 Å². The standard InChI is InChI=1S/C11H17N3O2/c1-4-9(7-16-3)14-11(15)10-6-12-8(2)5-13-10/h5-6,9H,4,7H2,1-3H3,(H,14,15)/t9-/m0/s1. The minimum atomic E-state index is -0.212. The summed E-state index contributed by atoms with van der Waals surface area (Å²) < 4.78 is 5.00. The van der Waals surface area contributed by atoms with Crippen LogP contribution in [-0.4, -0.2) is 35.6 Å². The summed E-state index contributed by atoms with van der Waals surface area (Å²) in [6.07, 6.45) is 3.87. The third-order valence-electron chi connectivity index (χ3n) is 2.21. The van der Waals surface area contributed by atoms with Crippen molar-refractivity contribution in [3.63, 3.8) is 0 Å². The number of aryl methyl sites for hydroxylation is 1. The summed E-state index contributed by atoms with van der Waals surface area (Å²) in [5, 5.41) is 2.84. The lowest BCUT2D eigenvalue weighted by Crippen LogP contribution is -2.37. The van der Waals surface area contributed by atoms with Crippen LogP contribution >= 0.6 is 0 Å². The maximum Gasteiger partial charge on any atom is 0.271 e. The van der Waals surface area contributed by atoms with E-state index < -0.39 is 0 Å². The van der Waals surface area contributed by atoms with E-state index in [1.54, 1.807) is 13.3 Å². The van der Waals surface area contributed by atoms with Crippen LogP contribution < -0.4 is 5.32 Å². The molecule has 16 heavy (non-hydrogen) atoms. The van der Waals surface area contributed by atoms with Gasteiger partial charge in [0.2, 0.25) is 0 Å². The maximum absolute atomic E-state index is 11.7. The predicted molar refractivity (Wildman–Crippen MR) is 60.2 cm³/mol. The van der Waals surface area contributed by atoms with Crippen molar-refractivity contribution in [3.8, 4) is 0 Å². The number of amides is 1. The fourth-order valence-corrected chi connectivity index (χ4v) is 1.23. The molecule has 0 saturated heterocycles. The Labute approximate surface area is 95.3 Å². The lowest BCUT2D eigenvalue weighted by molar-refractivity contribution is 0.0889. The zero-order valence-corrected chi connectivity index (χ0v) is 9.86. The minimum absolute atomic E-state index is 0.0144. The summed E-state index contributed by atoms with van der Waals surface area (Å²) in [6.45, 7) is 4.32. The van der Waals surface area contributed by atoms with E-state index in [0.717, 1.165) is 12.1 Å². The Morgan fingerprint density at radius 3 is 2.75 bits per heavy atom. The van der Waals surface area contributed by atoms with E-state index in [0.29, 0.717) is 12.3 Å². The first kappa shape index (κ1) is 12.6. The number of nitrogens with one attached hydrogen (secondary N) is 1. The lowest BCUT2D eigenvalue weighted by Gasteiger charge is -2.15. The molecule has 1 aromatic rings. The second-order valence-electron chi connectivity index (χ2n) is 3.58. The quantitative estimate of drug-likeness (QED) is 0.806. The van der Waals surface area contributed by atoms with Gasteiger partial charge in [0.05, 0.1) is 24.5 Å². The molecule has 0 fully saturated rings. The summed E-state index contributed by atoms with van der Waals surface area (Å²) in [6, 6.07) is 0.0144. The molecule has 88 valence electrons. The van der Waals surface area contributed by atoms with Gasteiger partial charge in [0.15, 0.2) is 0 Å². The van der Waals surface area contributed by atoms with Crippen LogP contribution in [-0.2, 0) is 4.74 Å². The molecule has 5 nitrogen and oxygen atoms in total. The van der Waals surface area contributed by atoms with Gasteiger partial charge in [-0.3, -0.25) is 9.78 Å². The van der Waals surface area contributed by atoms with Gasteiger partial charge in [-0.2, -0.15) is 0 Å². The van der Waals surface area contributed by atoms with Crippen LogP contribution in [0.25, 0.3) is 0 Å². The molecule has 0 unspecified atom stereocenters. The van der Waals surface area contributed by atoms with Crippen molar-refractivity contribution in [2.24, 2.45) is 0 Å². The molecule has 0 spiro atoms. The Morgan fingerprint density at radius 2 is 2.25 bits per heavy atom. The van der Waals surface area contributed by atoms with E-state index in [4.69, 9.17) is 4.74 Å². The summed E-state index contributed by atoms with van der Waals surface area (Å²) >= 11 is 0. The summed E-state index contributed by atoms with van der Waals surface area (Å²) in [4.78, 5) is 19.8. The van der Waals surface area contributed by atoms with Crippen LogP contribution in [0.3, 0.4) is 0 Å². The molecule has 0 saturated carbocycles. The third kappa shape index (κ3) is 3.58. The first-order valence-corrected chi connectivity index (χ1v) is 5.25.